The van der Waals surface area contributed by atoms with Crippen molar-refractivity contribution in [3.05, 3.63) is 39.4 Å². The summed E-state index contributed by atoms with van der Waals surface area (Å²) in [6.45, 7) is 6.92. The van der Waals surface area contributed by atoms with Crippen molar-refractivity contribution in [2.24, 2.45) is 10.7 Å². The van der Waals surface area contributed by atoms with E-state index < -0.39 is 0 Å². The average Bonchev–Trinajstić information content (AvgIpc) is 2.34. The van der Waals surface area contributed by atoms with Crippen LogP contribution in [0.5, 0.6) is 5.75 Å². The lowest BCUT2D eigenvalue weighted by Crippen LogP contribution is -2.34. The minimum Gasteiger partial charge on any atom is -0.489 e. The van der Waals surface area contributed by atoms with Crippen molar-refractivity contribution in [3.63, 3.8) is 0 Å². The Morgan fingerprint density at radius 1 is 1.33 bits per heavy atom. The van der Waals surface area contributed by atoms with Crippen LogP contribution in [0.2, 0.25) is 15.1 Å². The Morgan fingerprint density at radius 2 is 1.90 bits per heavy atom. The second-order valence-electron chi connectivity index (χ2n) is 4.13. The standard InChI is InChI=1S/C13H16Cl3N3O.HI/c1-8(2)7-19-13(17)18-3-4-20-12-10(15)5-9(14)6-11(12)16;/h5-6H,1,3-4,7H2,2H3,(H3,17,18,19);1H. The summed E-state index contributed by atoms with van der Waals surface area (Å²) in [5.41, 5.74) is 6.59. The summed E-state index contributed by atoms with van der Waals surface area (Å²) in [7, 11) is 0. The van der Waals surface area contributed by atoms with E-state index in [2.05, 4.69) is 16.9 Å². The number of hydrogen-bond acceptors (Lipinski definition) is 2. The topological polar surface area (TPSA) is 59.6 Å². The smallest absolute Gasteiger partial charge is 0.189 e. The number of ether oxygens (including phenoxy) is 1. The maximum atomic E-state index is 5.99. The molecule has 0 spiro atoms. The third kappa shape index (κ3) is 7.99. The van der Waals surface area contributed by atoms with E-state index in [1.54, 1.807) is 12.1 Å². The molecule has 0 aliphatic heterocycles. The molecule has 1 aromatic rings. The van der Waals surface area contributed by atoms with Gasteiger partial charge >= 0.3 is 0 Å². The number of aliphatic imine (C=N–C) groups is 1. The predicted octanol–water partition coefficient (Wildman–Crippen LogP) is 4.12. The molecule has 118 valence electrons. The van der Waals surface area contributed by atoms with Crippen molar-refractivity contribution in [2.75, 3.05) is 19.7 Å². The molecule has 0 aromatic heterocycles. The lowest BCUT2D eigenvalue weighted by molar-refractivity contribution is 0.322. The van der Waals surface area contributed by atoms with Crippen LogP contribution >= 0.6 is 58.8 Å². The highest BCUT2D eigenvalue weighted by atomic mass is 127. The molecule has 4 nitrogen and oxygen atoms in total. The van der Waals surface area contributed by atoms with Crippen LogP contribution in [-0.2, 0) is 0 Å². The van der Waals surface area contributed by atoms with Gasteiger partial charge in [-0.3, -0.25) is 0 Å². The fourth-order valence-electron chi connectivity index (χ4n) is 1.28. The summed E-state index contributed by atoms with van der Waals surface area (Å²) in [4.78, 5) is 4.07. The summed E-state index contributed by atoms with van der Waals surface area (Å²) < 4.78 is 5.49. The molecule has 0 saturated carbocycles. The van der Waals surface area contributed by atoms with Gasteiger partial charge in [-0.1, -0.05) is 47.0 Å². The molecule has 21 heavy (non-hydrogen) atoms. The number of nitrogens with zero attached hydrogens (tertiary/aromatic N) is 1. The Bertz CT molecular complexity index is 500. The first-order valence-electron chi connectivity index (χ1n) is 5.85. The van der Waals surface area contributed by atoms with Crippen molar-refractivity contribution in [3.8, 4) is 5.75 Å². The van der Waals surface area contributed by atoms with Gasteiger partial charge < -0.3 is 15.8 Å². The second kappa shape index (κ2) is 10.4. The number of benzene rings is 1. The van der Waals surface area contributed by atoms with Crippen LogP contribution in [0, 0.1) is 0 Å². The van der Waals surface area contributed by atoms with Crippen LogP contribution in [0.25, 0.3) is 0 Å². The first-order valence-corrected chi connectivity index (χ1v) is 6.99. The molecule has 0 fully saturated rings. The minimum atomic E-state index is 0. The number of rotatable bonds is 6. The molecule has 0 saturated heterocycles. The Labute approximate surface area is 156 Å². The van der Waals surface area contributed by atoms with E-state index in [9.17, 15) is 0 Å². The highest BCUT2D eigenvalue weighted by Gasteiger charge is 2.08. The summed E-state index contributed by atoms with van der Waals surface area (Å²) in [6, 6.07) is 3.14. The van der Waals surface area contributed by atoms with Gasteiger partial charge in [0.05, 0.1) is 23.1 Å². The average molecular weight is 465 g/mol. The van der Waals surface area contributed by atoms with E-state index in [1.807, 2.05) is 6.92 Å². The van der Waals surface area contributed by atoms with Crippen LogP contribution in [-0.4, -0.2) is 25.7 Å². The fourth-order valence-corrected chi connectivity index (χ4v) is 2.20. The highest BCUT2D eigenvalue weighted by Crippen LogP contribution is 2.35. The molecule has 0 atom stereocenters. The lowest BCUT2D eigenvalue weighted by Gasteiger charge is -2.11. The first-order chi connectivity index (χ1) is 9.40. The molecule has 0 bridgehead atoms. The van der Waals surface area contributed by atoms with Crippen molar-refractivity contribution in [1.82, 2.24) is 5.32 Å². The van der Waals surface area contributed by atoms with Crippen LogP contribution in [0.15, 0.2) is 29.3 Å². The van der Waals surface area contributed by atoms with Gasteiger partial charge in [0.25, 0.3) is 0 Å². The van der Waals surface area contributed by atoms with Crippen LogP contribution < -0.4 is 15.8 Å². The van der Waals surface area contributed by atoms with Crippen molar-refractivity contribution < 1.29 is 4.74 Å². The summed E-state index contributed by atoms with van der Waals surface area (Å²) in [5, 5.41) is 4.10. The molecule has 0 unspecified atom stereocenters. The van der Waals surface area contributed by atoms with Crippen LogP contribution in [0.3, 0.4) is 0 Å². The number of halogens is 4. The maximum absolute atomic E-state index is 5.99. The van der Waals surface area contributed by atoms with E-state index >= 15 is 0 Å². The number of nitrogens with one attached hydrogen (secondary N) is 1. The maximum Gasteiger partial charge on any atom is 0.189 e. The number of guanidine groups is 1. The van der Waals surface area contributed by atoms with Gasteiger partial charge in [0.15, 0.2) is 11.7 Å². The highest BCUT2D eigenvalue weighted by molar-refractivity contribution is 14.0. The summed E-state index contributed by atoms with van der Waals surface area (Å²) >= 11 is 17.8. The zero-order chi connectivity index (χ0) is 15.1. The second-order valence-corrected chi connectivity index (χ2v) is 5.38. The Balaban J connectivity index is 0.00000400. The third-order valence-electron chi connectivity index (χ3n) is 2.14. The van der Waals surface area contributed by atoms with E-state index in [0.29, 0.717) is 46.5 Å². The summed E-state index contributed by atoms with van der Waals surface area (Å²) in [5.74, 6) is 0.738. The number of nitrogens with two attached hydrogens (primary N) is 1. The van der Waals surface area contributed by atoms with Gasteiger partial charge in [-0.25, -0.2) is 4.99 Å². The van der Waals surface area contributed by atoms with E-state index in [-0.39, 0.29) is 24.0 Å². The Hall–Kier alpha value is -0.370. The largest absolute Gasteiger partial charge is 0.489 e. The SMILES string of the molecule is C=C(C)CN=C(N)NCCOc1c(Cl)cc(Cl)cc1Cl.I. The van der Waals surface area contributed by atoms with Crippen molar-refractivity contribution in [1.29, 1.82) is 0 Å². The molecule has 0 amide bonds. The van der Waals surface area contributed by atoms with Crippen LogP contribution in [0.4, 0.5) is 0 Å². The molecule has 0 aliphatic carbocycles. The zero-order valence-electron chi connectivity index (χ0n) is 11.5. The van der Waals surface area contributed by atoms with Gasteiger partial charge in [-0.2, -0.15) is 0 Å². The normalized spacial score (nSPS) is 10.8. The van der Waals surface area contributed by atoms with Gasteiger partial charge in [0.2, 0.25) is 0 Å². The van der Waals surface area contributed by atoms with E-state index in [1.165, 1.54) is 0 Å². The Morgan fingerprint density at radius 3 is 2.43 bits per heavy atom. The molecule has 3 N–H and O–H groups in total. The molecule has 1 aromatic carbocycles. The van der Waals surface area contributed by atoms with Crippen molar-refractivity contribution >= 4 is 64.7 Å². The van der Waals surface area contributed by atoms with Gasteiger partial charge in [-0.15, -0.1) is 24.0 Å². The zero-order valence-corrected chi connectivity index (χ0v) is 16.1. The number of hydrogen-bond donors (Lipinski definition) is 2. The Kier molecular flexibility index (Phi) is 10.2. The van der Waals surface area contributed by atoms with E-state index in [0.717, 1.165) is 5.57 Å². The van der Waals surface area contributed by atoms with Gasteiger partial charge in [0.1, 0.15) is 6.61 Å². The monoisotopic (exact) mass is 463 g/mol. The molecular weight excluding hydrogens is 447 g/mol. The predicted molar refractivity (Wildman–Crippen MR) is 102 cm³/mol. The molecule has 1 rings (SSSR count). The van der Waals surface area contributed by atoms with Gasteiger partial charge in [0, 0.05) is 5.02 Å². The van der Waals surface area contributed by atoms with E-state index in [4.69, 9.17) is 45.3 Å². The molecule has 0 radical (unpaired) electrons. The molecular formula is C13H17Cl3IN3O. The third-order valence-corrected chi connectivity index (χ3v) is 2.92. The summed E-state index contributed by atoms with van der Waals surface area (Å²) in [6.07, 6.45) is 0. The molecule has 0 heterocycles. The van der Waals surface area contributed by atoms with Crippen molar-refractivity contribution in [2.45, 2.75) is 6.92 Å². The molecule has 8 heteroatoms. The van der Waals surface area contributed by atoms with Crippen LogP contribution in [0.1, 0.15) is 6.92 Å². The quantitative estimate of drug-likeness (QED) is 0.219. The molecule has 0 aliphatic rings. The fraction of sp³-hybridized carbons (Fsp3) is 0.308. The van der Waals surface area contributed by atoms with Gasteiger partial charge in [-0.05, 0) is 19.1 Å². The minimum absolute atomic E-state index is 0. The lowest BCUT2D eigenvalue weighted by atomic mass is 10.3. The first kappa shape index (κ1) is 20.6.